The lowest BCUT2D eigenvalue weighted by Crippen LogP contribution is -2.01. The van der Waals surface area contributed by atoms with Gasteiger partial charge in [0.2, 0.25) is 0 Å². The Morgan fingerprint density at radius 1 is 0.950 bits per heavy atom. The molecule has 0 amide bonds. The number of hydrogen-bond acceptors (Lipinski definition) is 4. The van der Waals surface area contributed by atoms with E-state index in [0.29, 0.717) is 23.7 Å². The molecule has 0 aliphatic carbocycles. The van der Waals surface area contributed by atoms with Crippen molar-refractivity contribution < 1.29 is 14.2 Å². The fourth-order valence-electron chi connectivity index (χ4n) is 1.89. The van der Waals surface area contributed by atoms with Gasteiger partial charge in [-0.3, -0.25) is 0 Å². The molecule has 0 bridgehead atoms. The number of methoxy groups -OCH3 is 2. The van der Waals surface area contributed by atoms with Crippen molar-refractivity contribution in [3.05, 3.63) is 53.6 Å². The molecule has 0 radical (unpaired) electrons. The zero-order valence-corrected chi connectivity index (χ0v) is 11.4. The minimum absolute atomic E-state index is 0.305. The van der Waals surface area contributed by atoms with Gasteiger partial charge >= 0.3 is 0 Å². The Labute approximate surface area is 118 Å². The molecule has 2 aromatic rings. The van der Waals surface area contributed by atoms with E-state index in [4.69, 9.17) is 19.5 Å². The molecule has 0 fully saturated rings. The lowest BCUT2D eigenvalue weighted by atomic mass is 10.2. The SMILES string of the molecule is COc1ccccc1COc1c(C#N)cccc1OC. The summed E-state index contributed by atoms with van der Waals surface area (Å²) in [7, 11) is 3.16. The molecule has 0 unspecified atom stereocenters. The van der Waals surface area contributed by atoms with E-state index >= 15 is 0 Å². The third-order valence-electron chi connectivity index (χ3n) is 2.88. The van der Waals surface area contributed by atoms with Crippen LogP contribution in [0.3, 0.4) is 0 Å². The Balaban J connectivity index is 2.25. The van der Waals surface area contributed by atoms with Crippen molar-refractivity contribution in [3.63, 3.8) is 0 Å². The van der Waals surface area contributed by atoms with E-state index in [9.17, 15) is 0 Å². The van der Waals surface area contributed by atoms with Crippen molar-refractivity contribution in [2.45, 2.75) is 6.61 Å². The summed E-state index contributed by atoms with van der Waals surface area (Å²) >= 11 is 0. The first-order chi connectivity index (χ1) is 9.80. The van der Waals surface area contributed by atoms with Crippen LogP contribution in [0.2, 0.25) is 0 Å². The van der Waals surface area contributed by atoms with Crippen LogP contribution >= 0.6 is 0 Å². The molecule has 0 spiro atoms. The summed E-state index contributed by atoms with van der Waals surface area (Å²) in [5, 5.41) is 9.13. The van der Waals surface area contributed by atoms with Gasteiger partial charge in [-0.25, -0.2) is 0 Å². The van der Waals surface area contributed by atoms with Gasteiger partial charge in [0.1, 0.15) is 18.4 Å². The monoisotopic (exact) mass is 269 g/mol. The molecule has 2 aromatic carbocycles. The van der Waals surface area contributed by atoms with Crippen LogP contribution in [-0.4, -0.2) is 14.2 Å². The molecule has 0 aliphatic rings. The predicted molar refractivity (Wildman–Crippen MR) is 75.0 cm³/mol. The Morgan fingerprint density at radius 2 is 1.65 bits per heavy atom. The van der Waals surface area contributed by atoms with Gasteiger partial charge in [-0.2, -0.15) is 5.26 Å². The Bertz CT molecular complexity index is 632. The number of para-hydroxylation sites is 2. The van der Waals surface area contributed by atoms with Crippen LogP contribution < -0.4 is 14.2 Å². The summed E-state index contributed by atoms with van der Waals surface area (Å²) in [6.07, 6.45) is 0. The van der Waals surface area contributed by atoms with Gasteiger partial charge in [0, 0.05) is 5.56 Å². The quantitative estimate of drug-likeness (QED) is 0.836. The minimum Gasteiger partial charge on any atom is -0.496 e. The first kappa shape index (κ1) is 13.8. The van der Waals surface area contributed by atoms with Gasteiger partial charge in [0.05, 0.1) is 19.8 Å². The maximum atomic E-state index is 9.13. The summed E-state index contributed by atoms with van der Waals surface area (Å²) in [5.41, 5.74) is 1.35. The Morgan fingerprint density at radius 3 is 2.35 bits per heavy atom. The molecule has 4 heteroatoms. The van der Waals surface area contributed by atoms with Crippen molar-refractivity contribution >= 4 is 0 Å². The van der Waals surface area contributed by atoms with Crippen LogP contribution in [0.4, 0.5) is 0 Å². The first-order valence-electron chi connectivity index (χ1n) is 6.12. The summed E-state index contributed by atoms with van der Waals surface area (Å²) in [5.74, 6) is 1.74. The van der Waals surface area contributed by atoms with E-state index in [1.807, 2.05) is 24.3 Å². The second-order valence-electron chi connectivity index (χ2n) is 4.05. The first-order valence-corrected chi connectivity index (χ1v) is 6.12. The predicted octanol–water partition coefficient (Wildman–Crippen LogP) is 3.15. The van der Waals surface area contributed by atoms with Crippen LogP contribution in [0.15, 0.2) is 42.5 Å². The third-order valence-corrected chi connectivity index (χ3v) is 2.88. The number of hydrogen-bond donors (Lipinski definition) is 0. The van der Waals surface area contributed by atoms with Crippen molar-refractivity contribution in [2.75, 3.05) is 14.2 Å². The molecule has 102 valence electrons. The summed E-state index contributed by atoms with van der Waals surface area (Å²) in [6.45, 7) is 0.305. The van der Waals surface area contributed by atoms with Gasteiger partial charge in [-0.05, 0) is 18.2 Å². The van der Waals surface area contributed by atoms with Crippen LogP contribution in [0.5, 0.6) is 17.2 Å². The molecule has 0 saturated carbocycles. The minimum atomic E-state index is 0.305. The zero-order valence-electron chi connectivity index (χ0n) is 11.4. The summed E-state index contributed by atoms with van der Waals surface area (Å²) < 4.78 is 16.2. The lowest BCUT2D eigenvalue weighted by Gasteiger charge is -2.13. The largest absolute Gasteiger partial charge is 0.496 e. The smallest absolute Gasteiger partial charge is 0.179 e. The van der Waals surface area contributed by atoms with E-state index in [-0.39, 0.29) is 0 Å². The normalized spacial score (nSPS) is 9.65. The lowest BCUT2D eigenvalue weighted by molar-refractivity contribution is 0.277. The van der Waals surface area contributed by atoms with E-state index in [1.165, 1.54) is 0 Å². The average Bonchev–Trinajstić information content (AvgIpc) is 2.52. The number of rotatable bonds is 5. The maximum Gasteiger partial charge on any atom is 0.179 e. The standard InChI is InChI=1S/C16H15NO3/c1-18-14-8-4-3-6-13(14)11-20-16-12(10-17)7-5-9-15(16)19-2/h3-9H,11H2,1-2H3. The zero-order chi connectivity index (χ0) is 14.4. The molecular weight excluding hydrogens is 254 g/mol. The summed E-state index contributed by atoms with van der Waals surface area (Å²) in [6, 6.07) is 14.9. The second-order valence-corrected chi connectivity index (χ2v) is 4.05. The molecule has 0 aromatic heterocycles. The molecule has 0 N–H and O–H groups in total. The highest BCUT2D eigenvalue weighted by Crippen LogP contribution is 2.32. The van der Waals surface area contributed by atoms with E-state index < -0.39 is 0 Å². The van der Waals surface area contributed by atoms with Gasteiger partial charge in [0.15, 0.2) is 11.5 Å². The second kappa shape index (κ2) is 6.48. The highest BCUT2D eigenvalue weighted by atomic mass is 16.5. The number of nitrogens with zero attached hydrogens (tertiary/aromatic N) is 1. The molecule has 4 nitrogen and oxygen atoms in total. The highest BCUT2D eigenvalue weighted by Gasteiger charge is 2.11. The molecular formula is C16H15NO3. The number of ether oxygens (including phenoxy) is 3. The maximum absolute atomic E-state index is 9.13. The van der Waals surface area contributed by atoms with Crippen LogP contribution in [0.1, 0.15) is 11.1 Å². The van der Waals surface area contributed by atoms with Crippen molar-refractivity contribution in [3.8, 4) is 23.3 Å². The van der Waals surface area contributed by atoms with Gasteiger partial charge in [-0.15, -0.1) is 0 Å². The van der Waals surface area contributed by atoms with Gasteiger partial charge < -0.3 is 14.2 Å². The van der Waals surface area contributed by atoms with E-state index in [0.717, 1.165) is 11.3 Å². The highest BCUT2D eigenvalue weighted by molar-refractivity contribution is 5.52. The van der Waals surface area contributed by atoms with Gasteiger partial charge in [0.25, 0.3) is 0 Å². The van der Waals surface area contributed by atoms with Crippen LogP contribution in [-0.2, 0) is 6.61 Å². The van der Waals surface area contributed by atoms with Crippen molar-refractivity contribution in [1.29, 1.82) is 5.26 Å². The topological polar surface area (TPSA) is 51.5 Å². The number of benzene rings is 2. The van der Waals surface area contributed by atoms with Gasteiger partial charge in [-0.1, -0.05) is 24.3 Å². The van der Waals surface area contributed by atoms with E-state index in [2.05, 4.69) is 6.07 Å². The molecule has 0 atom stereocenters. The number of nitriles is 1. The fourth-order valence-corrected chi connectivity index (χ4v) is 1.89. The molecule has 0 saturated heterocycles. The van der Waals surface area contributed by atoms with Crippen molar-refractivity contribution in [2.24, 2.45) is 0 Å². The molecule has 20 heavy (non-hydrogen) atoms. The van der Waals surface area contributed by atoms with E-state index in [1.54, 1.807) is 32.4 Å². The average molecular weight is 269 g/mol. The summed E-state index contributed by atoms with van der Waals surface area (Å²) in [4.78, 5) is 0. The molecule has 0 heterocycles. The van der Waals surface area contributed by atoms with Crippen LogP contribution in [0, 0.1) is 11.3 Å². The Kier molecular flexibility index (Phi) is 4.46. The van der Waals surface area contributed by atoms with Crippen molar-refractivity contribution in [1.82, 2.24) is 0 Å². The fraction of sp³-hybridized carbons (Fsp3) is 0.188. The van der Waals surface area contributed by atoms with Crippen LogP contribution in [0.25, 0.3) is 0 Å². The molecule has 2 rings (SSSR count). The third kappa shape index (κ3) is 2.83. The Hall–Kier alpha value is -2.67. The molecule has 0 aliphatic heterocycles.